The molecule has 0 spiro atoms. The van der Waals surface area contributed by atoms with E-state index in [9.17, 15) is 4.79 Å². The first-order valence-corrected chi connectivity index (χ1v) is 5.84. The van der Waals surface area contributed by atoms with Crippen LogP contribution in [-0.2, 0) is 0 Å². The summed E-state index contributed by atoms with van der Waals surface area (Å²) in [6.07, 6.45) is 1.71. The summed E-state index contributed by atoms with van der Waals surface area (Å²) < 4.78 is 0. The number of nitrogens with two attached hydrogens (primary N) is 1. The van der Waals surface area contributed by atoms with E-state index in [1.54, 1.807) is 25.3 Å². The minimum absolute atomic E-state index is 0.225. The molecular weight excluding hydrogens is 236 g/mol. The molecule has 1 amide bonds. The number of hydrogen-bond acceptors (Lipinski definition) is 5. The van der Waals surface area contributed by atoms with Gasteiger partial charge in [-0.2, -0.15) is 0 Å². The summed E-state index contributed by atoms with van der Waals surface area (Å²) in [6, 6.07) is 3.23. The average Bonchev–Trinajstić information content (AvgIpc) is 2.62. The van der Waals surface area contributed by atoms with Crippen molar-refractivity contribution in [2.24, 2.45) is 0 Å². The van der Waals surface area contributed by atoms with Crippen LogP contribution in [0.15, 0.2) is 18.3 Å². The fourth-order valence-electron chi connectivity index (χ4n) is 1.41. The largest absolute Gasteiger partial charge is 0.384 e. The molecule has 0 saturated heterocycles. The number of aromatic nitrogens is 2. The van der Waals surface area contributed by atoms with Crippen LogP contribution in [0.3, 0.4) is 0 Å². The number of carbonyl (C=O) groups excluding carboxylic acids is 1. The van der Waals surface area contributed by atoms with Crippen molar-refractivity contribution in [3.05, 3.63) is 34.5 Å². The highest BCUT2D eigenvalue weighted by Gasteiger charge is 2.09. The molecular formula is C11H12N4OS. The maximum absolute atomic E-state index is 11.9. The highest BCUT2D eigenvalue weighted by atomic mass is 32.1. The van der Waals surface area contributed by atoms with Crippen LogP contribution in [-0.4, -0.2) is 15.9 Å². The zero-order valence-electron chi connectivity index (χ0n) is 9.52. The number of amides is 1. The lowest BCUT2D eigenvalue weighted by molar-refractivity contribution is 0.102. The molecule has 17 heavy (non-hydrogen) atoms. The predicted molar refractivity (Wildman–Crippen MR) is 68.2 cm³/mol. The summed E-state index contributed by atoms with van der Waals surface area (Å²) in [5.41, 5.74) is 6.79. The minimum Gasteiger partial charge on any atom is -0.384 e. The van der Waals surface area contributed by atoms with Crippen LogP contribution >= 0.6 is 11.3 Å². The maximum atomic E-state index is 11.9. The molecule has 0 atom stereocenters. The third-order valence-electron chi connectivity index (χ3n) is 2.08. The lowest BCUT2D eigenvalue weighted by Crippen LogP contribution is -2.12. The Kier molecular flexibility index (Phi) is 3.06. The Morgan fingerprint density at radius 3 is 2.76 bits per heavy atom. The van der Waals surface area contributed by atoms with Gasteiger partial charge < -0.3 is 5.73 Å². The van der Waals surface area contributed by atoms with Gasteiger partial charge in [0.25, 0.3) is 5.91 Å². The van der Waals surface area contributed by atoms with Crippen LogP contribution in [0.2, 0.25) is 0 Å². The number of thiazole rings is 1. The van der Waals surface area contributed by atoms with Crippen molar-refractivity contribution < 1.29 is 4.79 Å². The first kappa shape index (κ1) is 11.5. The van der Waals surface area contributed by atoms with Gasteiger partial charge in [-0.25, -0.2) is 9.97 Å². The number of hydrogen-bond donors (Lipinski definition) is 2. The van der Waals surface area contributed by atoms with E-state index in [2.05, 4.69) is 15.3 Å². The molecule has 88 valence electrons. The first-order chi connectivity index (χ1) is 8.04. The third-order valence-corrected chi connectivity index (χ3v) is 2.91. The lowest BCUT2D eigenvalue weighted by Gasteiger charge is -2.03. The van der Waals surface area contributed by atoms with E-state index < -0.39 is 0 Å². The van der Waals surface area contributed by atoms with Gasteiger partial charge in [-0.15, -0.1) is 11.3 Å². The van der Waals surface area contributed by atoms with Gasteiger partial charge in [-0.1, -0.05) is 0 Å². The Hall–Kier alpha value is -1.95. The van der Waals surface area contributed by atoms with Gasteiger partial charge in [0.15, 0.2) is 5.13 Å². The molecule has 0 aliphatic heterocycles. The van der Waals surface area contributed by atoms with Crippen LogP contribution < -0.4 is 11.1 Å². The summed E-state index contributed by atoms with van der Waals surface area (Å²) in [4.78, 5) is 21.0. The Morgan fingerprint density at radius 2 is 2.18 bits per heavy atom. The number of nitrogens with zero attached hydrogens (tertiary/aromatic N) is 2. The predicted octanol–water partition coefficient (Wildman–Crippen LogP) is 1.99. The quantitative estimate of drug-likeness (QED) is 0.851. The van der Waals surface area contributed by atoms with Crippen molar-refractivity contribution in [2.75, 3.05) is 11.1 Å². The molecule has 2 aromatic rings. The molecule has 2 aromatic heterocycles. The Balaban J connectivity index is 2.19. The molecule has 2 rings (SSSR count). The smallest absolute Gasteiger partial charge is 0.257 e. The second kappa shape index (κ2) is 4.50. The Labute approximate surface area is 103 Å². The van der Waals surface area contributed by atoms with Gasteiger partial charge in [0.05, 0.1) is 0 Å². The van der Waals surface area contributed by atoms with Gasteiger partial charge in [-0.05, 0) is 26.0 Å². The van der Waals surface area contributed by atoms with Crippen LogP contribution in [0, 0.1) is 13.8 Å². The van der Waals surface area contributed by atoms with Crippen molar-refractivity contribution in [2.45, 2.75) is 13.8 Å². The zero-order chi connectivity index (χ0) is 12.4. The summed E-state index contributed by atoms with van der Waals surface area (Å²) in [7, 11) is 0. The van der Waals surface area contributed by atoms with Crippen molar-refractivity contribution in [3.63, 3.8) is 0 Å². The van der Waals surface area contributed by atoms with Crippen LogP contribution in [0.25, 0.3) is 0 Å². The molecule has 0 bridgehead atoms. The molecule has 0 aliphatic carbocycles. The van der Waals surface area contributed by atoms with E-state index in [-0.39, 0.29) is 5.91 Å². The van der Waals surface area contributed by atoms with Gasteiger partial charge >= 0.3 is 0 Å². The standard InChI is InChI=1S/C11H12N4OS/c1-6-3-8(4-9(12)14-6)10(16)15-11-13-5-7(2)17-11/h3-5H,1-2H3,(H2,12,14)(H,13,15,16). The number of anilines is 2. The summed E-state index contributed by atoms with van der Waals surface area (Å²) >= 11 is 1.43. The van der Waals surface area contributed by atoms with E-state index in [1.165, 1.54) is 11.3 Å². The van der Waals surface area contributed by atoms with Gasteiger partial charge in [0.2, 0.25) is 0 Å². The van der Waals surface area contributed by atoms with Crippen LogP contribution in [0.4, 0.5) is 10.9 Å². The van der Waals surface area contributed by atoms with E-state index in [1.807, 2.05) is 6.92 Å². The normalized spacial score (nSPS) is 10.2. The monoisotopic (exact) mass is 248 g/mol. The topological polar surface area (TPSA) is 80.9 Å². The lowest BCUT2D eigenvalue weighted by atomic mass is 10.2. The minimum atomic E-state index is -0.225. The summed E-state index contributed by atoms with van der Waals surface area (Å²) in [5, 5.41) is 3.30. The molecule has 0 fully saturated rings. The Bertz CT molecular complexity index is 544. The number of rotatable bonds is 2. The average molecular weight is 248 g/mol. The number of nitrogens with one attached hydrogen (secondary N) is 1. The second-order valence-corrected chi connectivity index (χ2v) is 4.89. The van der Waals surface area contributed by atoms with Gasteiger partial charge in [-0.3, -0.25) is 10.1 Å². The zero-order valence-corrected chi connectivity index (χ0v) is 10.3. The highest BCUT2D eigenvalue weighted by Crippen LogP contribution is 2.18. The fraction of sp³-hybridized carbons (Fsp3) is 0.182. The summed E-state index contributed by atoms with van der Waals surface area (Å²) in [6.45, 7) is 3.72. The third kappa shape index (κ3) is 2.79. The molecule has 2 heterocycles. The van der Waals surface area contributed by atoms with E-state index in [4.69, 9.17) is 5.73 Å². The second-order valence-electron chi connectivity index (χ2n) is 3.65. The van der Waals surface area contributed by atoms with E-state index in [0.29, 0.717) is 22.2 Å². The molecule has 0 unspecified atom stereocenters. The number of pyridine rings is 1. The number of nitrogen functional groups attached to an aromatic ring is 1. The molecule has 0 aliphatic rings. The Morgan fingerprint density at radius 1 is 1.41 bits per heavy atom. The SMILES string of the molecule is Cc1cc(C(=O)Nc2ncc(C)s2)cc(N)n1. The molecule has 0 radical (unpaired) electrons. The summed E-state index contributed by atoms with van der Waals surface area (Å²) in [5.74, 6) is 0.113. The fourth-order valence-corrected chi connectivity index (χ4v) is 2.07. The van der Waals surface area contributed by atoms with Crippen molar-refractivity contribution in [3.8, 4) is 0 Å². The van der Waals surface area contributed by atoms with Crippen molar-refractivity contribution in [1.82, 2.24) is 9.97 Å². The van der Waals surface area contributed by atoms with Crippen molar-refractivity contribution >= 4 is 28.2 Å². The molecule has 0 saturated carbocycles. The molecule has 5 nitrogen and oxygen atoms in total. The molecule has 3 N–H and O–H groups in total. The van der Waals surface area contributed by atoms with Crippen molar-refractivity contribution in [1.29, 1.82) is 0 Å². The van der Waals surface area contributed by atoms with Crippen LogP contribution in [0.5, 0.6) is 0 Å². The van der Waals surface area contributed by atoms with E-state index >= 15 is 0 Å². The maximum Gasteiger partial charge on any atom is 0.257 e. The van der Waals surface area contributed by atoms with Gasteiger partial charge in [0, 0.05) is 22.3 Å². The van der Waals surface area contributed by atoms with E-state index in [0.717, 1.165) is 4.88 Å². The molecule has 0 aromatic carbocycles. The van der Waals surface area contributed by atoms with Crippen LogP contribution in [0.1, 0.15) is 20.9 Å². The highest BCUT2D eigenvalue weighted by molar-refractivity contribution is 7.15. The number of aryl methyl sites for hydroxylation is 2. The van der Waals surface area contributed by atoms with Gasteiger partial charge in [0.1, 0.15) is 5.82 Å². The first-order valence-electron chi connectivity index (χ1n) is 5.02. The number of carbonyl (C=O) groups is 1. The molecule has 6 heteroatoms.